The quantitative estimate of drug-likeness (QED) is 0.404. The maximum absolute atomic E-state index is 12.9. The number of thioether (sulfide) groups is 1. The maximum Gasteiger partial charge on any atom is 0.235 e. The van der Waals surface area contributed by atoms with E-state index in [1.165, 1.54) is 0 Å². The second-order valence-corrected chi connectivity index (χ2v) is 10.2. The lowest BCUT2D eigenvalue weighted by Crippen LogP contribution is -2.50. The summed E-state index contributed by atoms with van der Waals surface area (Å²) < 4.78 is 1.81. The van der Waals surface area contributed by atoms with Crippen LogP contribution >= 0.6 is 23.1 Å². The Kier molecular flexibility index (Phi) is 6.03. The molecule has 1 aliphatic heterocycles. The van der Waals surface area contributed by atoms with Crippen molar-refractivity contribution in [2.75, 3.05) is 31.1 Å². The normalized spacial score (nSPS) is 14.9. The monoisotopic (exact) mass is 474 g/mol. The molecule has 1 amide bonds. The van der Waals surface area contributed by atoms with E-state index in [-0.39, 0.29) is 11.2 Å². The zero-order valence-electron chi connectivity index (χ0n) is 18.1. The van der Waals surface area contributed by atoms with Crippen LogP contribution < -0.4 is 4.90 Å². The van der Waals surface area contributed by atoms with Crippen LogP contribution in [0, 0.1) is 11.3 Å². The zero-order chi connectivity index (χ0) is 22.8. The second-order valence-electron chi connectivity index (χ2n) is 7.81. The van der Waals surface area contributed by atoms with Gasteiger partial charge in [0.2, 0.25) is 16.0 Å². The summed E-state index contributed by atoms with van der Waals surface area (Å²) in [5.41, 5.74) is 2.43. The van der Waals surface area contributed by atoms with Crippen LogP contribution in [0.4, 0.5) is 5.13 Å². The molecule has 1 fully saturated rings. The third kappa shape index (κ3) is 4.58. The zero-order valence-corrected chi connectivity index (χ0v) is 19.7. The van der Waals surface area contributed by atoms with Gasteiger partial charge in [-0.25, -0.2) is 9.50 Å². The molecular weight excluding hydrogens is 452 g/mol. The van der Waals surface area contributed by atoms with E-state index in [1.54, 1.807) is 35.2 Å². The summed E-state index contributed by atoms with van der Waals surface area (Å²) in [5, 5.41) is 14.5. The highest BCUT2D eigenvalue weighted by Crippen LogP contribution is 2.28. The molecule has 0 saturated carbocycles. The first kappa shape index (κ1) is 21.5. The van der Waals surface area contributed by atoms with Crippen LogP contribution in [0.5, 0.6) is 0 Å². The number of benzene rings is 2. The number of anilines is 1. The Bertz CT molecular complexity index is 1270. The average molecular weight is 475 g/mol. The molecule has 9 heteroatoms. The molecule has 0 radical (unpaired) electrons. The van der Waals surface area contributed by atoms with Gasteiger partial charge in [0.05, 0.1) is 28.8 Å². The first-order chi connectivity index (χ1) is 16.1. The van der Waals surface area contributed by atoms with E-state index in [9.17, 15) is 4.79 Å². The number of nitriles is 1. The fourth-order valence-electron chi connectivity index (χ4n) is 3.80. The standard InChI is InChI=1S/C24H22N6OS2/c1-17(32-20-5-3-2-4-6-20)22(31)28-11-13-29(14-12-28)24-27-30-16-21(26-23(30)33-24)19-9-7-18(15-25)8-10-19/h2-10,16-17H,11-14H2,1H3. The van der Waals surface area contributed by atoms with Gasteiger partial charge in [-0.3, -0.25) is 4.79 Å². The number of carbonyl (C=O) groups is 1. The van der Waals surface area contributed by atoms with E-state index in [0.717, 1.165) is 39.3 Å². The van der Waals surface area contributed by atoms with Gasteiger partial charge in [-0.2, -0.15) is 5.26 Å². The lowest BCUT2D eigenvalue weighted by molar-refractivity contribution is -0.130. The predicted octanol–water partition coefficient (Wildman–Crippen LogP) is 4.16. The number of nitrogens with zero attached hydrogens (tertiary/aromatic N) is 6. The van der Waals surface area contributed by atoms with Crippen LogP contribution in [-0.4, -0.2) is 56.8 Å². The Morgan fingerprint density at radius 1 is 1.09 bits per heavy atom. The Morgan fingerprint density at radius 3 is 2.48 bits per heavy atom. The minimum Gasteiger partial charge on any atom is -0.343 e. The molecule has 0 N–H and O–H groups in total. The Balaban J connectivity index is 1.20. The van der Waals surface area contributed by atoms with Crippen LogP contribution in [0.25, 0.3) is 16.2 Å². The molecule has 5 rings (SSSR count). The molecular formula is C24H22N6OS2. The first-order valence-electron chi connectivity index (χ1n) is 10.7. The molecule has 1 unspecified atom stereocenters. The minimum atomic E-state index is -0.109. The van der Waals surface area contributed by atoms with Crippen molar-refractivity contribution in [3.63, 3.8) is 0 Å². The van der Waals surface area contributed by atoms with Crippen molar-refractivity contribution < 1.29 is 4.79 Å². The van der Waals surface area contributed by atoms with Crippen molar-refractivity contribution in [2.24, 2.45) is 0 Å². The highest BCUT2D eigenvalue weighted by Gasteiger charge is 2.27. The Labute approximate surface area is 200 Å². The number of fused-ring (bicyclic) bond motifs is 1. The molecule has 3 heterocycles. The average Bonchev–Trinajstić information content (AvgIpc) is 3.44. The molecule has 1 saturated heterocycles. The summed E-state index contributed by atoms with van der Waals surface area (Å²) in [5.74, 6) is 0.185. The molecule has 1 aliphatic rings. The second kappa shape index (κ2) is 9.25. The number of hydrogen-bond donors (Lipinski definition) is 0. The number of rotatable bonds is 5. The van der Waals surface area contributed by atoms with E-state index >= 15 is 0 Å². The summed E-state index contributed by atoms with van der Waals surface area (Å²) in [6.45, 7) is 4.88. The van der Waals surface area contributed by atoms with E-state index in [2.05, 4.69) is 11.0 Å². The van der Waals surface area contributed by atoms with Crippen molar-refractivity contribution >= 4 is 39.1 Å². The van der Waals surface area contributed by atoms with Crippen molar-refractivity contribution in [2.45, 2.75) is 17.1 Å². The van der Waals surface area contributed by atoms with Crippen LogP contribution in [-0.2, 0) is 4.79 Å². The summed E-state index contributed by atoms with van der Waals surface area (Å²) >= 11 is 3.16. The SMILES string of the molecule is CC(Sc1ccccc1)C(=O)N1CCN(c2nn3cc(-c4ccc(C#N)cc4)nc3s2)CC1. The van der Waals surface area contributed by atoms with E-state index in [0.29, 0.717) is 18.7 Å². The molecule has 0 aliphatic carbocycles. The third-order valence-electron chi connectivity index (χ3n) is 5.61. The number of aromatic nitrogens is 3. The van der Waals surface area contributed by atoms with Gasteiger partial charge >= 0.3 is 0 Å². The molecule has 0 bridgehead atoms. The molecule has 0 spiro atoms. The van der Waals surface area contributed by atoms with Crippen LogP contribution in [0.2, 0.25) is 0 Å². The molecule has 1 atom stereocenters. The largest absolute Gasteiger partial charge is 0.343 e. The van der Waals surface area contributed by atoms with Gasteiger partial charge < -0.3 is 9.80 Å². The smallest absolute Gasteiger partial charge is 0.235 e. The number of imidazole rings is 1. The van der Waals surface area contributed by atoms with Crippen molar-refractivity contribution in [1.82, 2.24) is 19.5 Å². The first-order valence-corrected chi connectivity index (χ1v) is 12.4. The molecule has 7 nitrogen and oxygen atoms in total. The van der Waals surface area contributed by atoms with Gasteiger partial charge in [-0.1, -0.05) is 41.7 Å². The number of piperazine rings is 1. The van der Waals surface area contributed by atoms with Crippen LogP contribution in [0.15, 0.2) is 65.7 Å². The van der Waals surface area contributed by atoms with E-state index < -0.39 is 0 Å². The molecule has 166 valence electrons. The van der Waals surface area contributed by atoms with E-state index in [1.807, 2.05) is 65.0 Å². The summed E-state index contributed by atoms with van der Waals surface area (Å²) in [6, 6.07) is 19.6. The van der Waals surface area contributed by atoms with Gasteiger partial charge in [0.1, 0.15) is 0 Å². The Morgan fingerprint density at radius 2 is 1.82 bits per heavy atom. The predicted molar refractivity (Wildman–Crippen MR) is 132 cm³/mol. The third-order valence-corrected chi connectivity index (χ3v) is 7.69. The van der Waals surface area contributed by atoms with Gasteiger partial charge in [0.25, 0.3) is 0 Å². The topological polar surface area (TPSA) is 77.5 Å². The van der Waals surface area contributed by atoms with E-state index in [4.69, 9.17) is 15.3 Å². The fraction of sp³-hybridized carbons (Fsp3) is 0.250. The van der Waals surface area contributed by atoms with Gasteiger partial charge in [-0.05, 0) is 31.2 Å². The number of hydrogen-bond acceptors (Lipinski definition) is 7. The van der Waals surface area contributed by atoms with Gasteiger partial charge in [0, 0.05) is 36.6 Å². The minimum absolute atomic E-state index is 0.109. The lowest BCUT2D eigenvalue weighted by atomic mass is 10.1. The van der Waals surface area contributed by atoms with Crippen molar-refractivity contribution in [1.29, 1.82) is 5.26 Å². The summed E-state index contributed by atoms with van der Waals surface area (Å²) in [6.07, 6.45) is 1.92. The van der Waals surface area contributed by atoms with Crippen molar-refractivity contribution in [3.05, 3.63) is 66.4 Å². The molecule has 2 aromatic carbocycles. The molecule has 4 aromatic rings. The lowest BCUT2D eigenvalue weighted by Gasteiger charge is -2.35. The van der Waals surface area contributed by atoms with Gasteiger partial charge in [-0.15, -0.1) is 16.9 Å². The van der Waals surface area contributed by atoms with Gasteiger partial charge in [0.15, 0.2) is 0 Å². The van der Waals surface area contributed by atoms with Crippen LogP contribution in [0.3, 0.4) is 0 Å². The Hall–Kier alpha value is -3.35. The molecule has 33 heavy (non-hydrogen) atoms. The maximum atomic E-state index is 12.9. The van der Waals surface area contributed by atoms with Crippen molar-refractivity contribution in [3.8, 4) is 17.3 Å². The summed E-state index contributed by atoms with van der Waals surface area (Å²) in [7, 11) is 0. The number of amides is 1. The summed E-state index contributed by atoms with van der Waals surface area (Å²) in [4.78, 5) is 23.7. The van der Waals surface area contributed by atoms with Crippen LogP contribution in [0.1, 0.15) is 12.5 Å². The molecule has 2 aromatic heterocycles. The highest BCUT2D eigenvalue weighted by atomic mass is 32.2. The fourth-order valence-corrected chi connectivity index (χ4v) is 5.71. The highest BCUT2D eigenvalue weighted by molar-refractivity contribution is 8.00. The number of carbonyl (C=O) groups excluding carboxylic acids is 1.